The third-order valence-corrected chi connectivity index (χ3v) is 4.50. The lowest BCUT2D eigenvalue weighted by Gasteiger charge is -2.32. The van der Waals surface area contributed by atoms with Crippen LogP contribution in [0.3, 0.4) is 0 Å². The Hall–Kier alpha value is -2.76. The highest BCUT2D eigenvalue weighted by atomic mass is 16.5. The number of carbonyl (C=O) groups excluding carboxylic acids is 2. The minimum absolute atomic E-state index is 0.00999. The molecule has 0 saturated heterocycles. The zero-order chi connectivity index (χ0) is 18.7. The van der Waals surface area contributed by atoms with E-state index in [-0.39, 0.29) is 23.8 Å². The minimum Gasteiger partial charge on any atom is -0.494 e. The molecule has 3 rings (SSSR count). The molecule has 6 heteroatoms. The molecule has 1 aliphatic carbocycles. The molecule has 2 aliphatic rings. The molecule has 0 spiro atoms. The van der Waals surface area contributed by atoms with Crippen LogP contribution < -0.4 is 10.5 Å². The highest BCUT2D eigenvalue weighted by molar-refractivity contribution is 6.03. The van der Waals surface area contributed by atoms with E-state index >= 15 is 0 Å². The number of hydrogen-bond donors (Lipinski definition) is 1. The van der Waals surface area contributed by atoms with Gasteiger partial charge in [0.1, 0.15) is 17.1 Å². The number of nitrogens with two attached hydrogens (primary N) is 1. The summed E-state index contributed by atoms with van der Waals surface area (Å²) >= 11 is 0. The van der Waals surface area contributed by atoms with Gasteiger partial charge in [0.2, 0.25) is 5.88 Å². The third-order valence-electron chi connectivity index (χ3n) is 4.50. The van der Waals surface area contributed by atoms with Crippen molar-refractivity contribution < 1.29 is 23.8 Å². The molecule has 0 amide bonds. The van der Waals surface area contributed by atoms with Gasteiger partial charge in [-0.2, -0.15) is 0 Å². The number of rotatable bonds is 5. The predicted molar refractivity (Wildman–Crippen MR) is 95.2 cm³/mol. The lowest BCUT2D eigenvalue weighted by molar-refractivity contribution is -0.139. The molecular formula is C20H23NO5. The van der Waals surface area contributed by atoms with Crippen LogP contribution in [0.25, 0.3) is 0 Å². The molecular weight excluding hydrogens is 334 g/mol. The maximum atomic E-state index is 12.6. The van der Waals surface area contributed by atoms with Crippen molar-refractivity contribution in [3.8, 4) is 5.75 Å². The summed E-state index contributed by atoms with van der Waals surface area (Å²) in [5, 5.41) is 0. The Labute approximate surface area is 152 Å². The zero-order valence-corrected chi connectivity index (χ0v) is 15.0. The summed E-state index contributed by atoms with van der Waals surface area (Å²) in [6.07, 6.45) is 1.78. The maximum absolute atomic E-state index is 12.6. The van der Waals surface area contributed by atoms with E-state index in [0.717, 1.165) is 17.7 Å². The van der Waals surface area contributed by atoms with Gasteiger partial charge in [0.05, 0.1) is 19.1 Å². The summed E-state index contributed by atoms with van der Waals surface area (Å²) in [6.45, 7) is 4.41. The standard InChI is InChI=1S/C20H23NO5/c1-3-24-13-10-8-12(9-11-13)16-17-14(22)6-5-7-15(17)26-19(21)18(16)20(23)25-4-2/h8-11,16H,3-7,21H2,1-2H3. The average Bonchev–Trinajstić information content (AvgIpc) is 2.62. The van der Waals surface area contributed by atoms with E-state index in [4.69, 9.17) is 19.9 Å². The monoisotopic (exact) mass is 357 g/mol. The molecule has 1 aromatic carbocycles. The Morgan fingerprint density at radius 1 is 1.19 bits per heavy atom. The van der Waals surface area contributed by atoms with E-state index in [9.17, 15) is 9.59 Å². The van der Waals surface area contributed by atoms with Gasteiger partial charge in [-0.05, 0) is 38.0 Å². The van der Waals surface area contributed by atoms with Crippen molar-refractivity contribution in [2.75, 3.05) is 13.2 Å². The fraction of sp³-hybridized carbons (Fsp3) is 0.400. The van der Waals surface area contributed by atoms with Crippen molar-refractivity contribution in [2.45, 2.75) is 39.0 Å². The highest BCUT2D eigenvalue weighted by Crippen LogP contribution is 2.44. The molecule has 6 nitrogen and oxygen atoms in total. The molecule has 0 aromatic heterocycles. The van der Waals surface area contributed by atoms with E-state index in [1.807, 2.05) is 31.2 Å². The molecule has 26 heavy (non-hydrogen) atoms. The number of Topliss-reactive ketones (excluding diaryl/α,β-unsaturated/α-hetero) is 1. The summed E-state index contributed by atoms with van der Waals surface area (Å²) in [7, 11) is 0. The van der Waals surface area contributed by atoms with E-state index in [2.05, 4.69) is 0 Å². The van der Waals surface area contributed by atoms with Gasteiger partial charge in [0.25, 0.3) is 0 Å². The van der Waals surface area contributed by atoms with Crippen LogP contribution in [0.2, 0.25) is 0 Å². The van der Waals surface area contributed by atoms with Gasteiger partial charge in [-0.15, -0.1) is 0 Å². The average molecular weight is 357 g/mol. The number of allylic oxidation sites excluding steroid dienone is 2. The van der Waals surface area contributed by atoms with Crippen LogP contribution in [0.5, 0.6) is 5.75 Å². The molecule has 1 aromatic rings. The van der Waals surface area contributed by atoms with Gasteiger partial charge in [-0.3, -0.25) is 4.79 Å². The van der Waals surface area contributed by atoms with Gasteiger partial charge >= 0.3 is 5.97 Å². The fourth-order valence-corrected chi connectivity index (χ4v) is 3.42. The van der Waals surface area contributed by atoms with Crippen molar-refractivity contribution in [1.82, 2.24) is 0 Å². The normalized spacial score (nSPS) is 19.8. The molecule has 138 valence electrons. The van der Waals surface area contributed by atoms with Crippen molar-refractivity contribution >= 4 is 11.8 Å². The second-order valence-electron chi connectivity index (χ2n) is 6.15. The summed E-state index contributed by atoms with van der Waals surface area (Å²) in [5.74, 6) is 0.137. The summed E-state index contributed by atoms with van der Waals surface area (Å²) in [5.41, 5.74) is 7.53. The second kappa shape index (κ2) is 7.64. The summed E-state index contributed by atoms with van der Waals surface area (Å²) in [6, 6.07) is 7.33. The third kappa shape index (κ3) is 3.31. The van der Waals surface area contributed by atoms with Crippen LogP contribution in [0, 0.1) is 0 Å². The lowest BCUT2D eigenvalue weighted by atomic mass is 9.77. The van der Waals surface area contributed by atoms with Crippen molar-refractivity contribution in [2.24, 2.45) is 5.73 Å². The summed E-state index contributed by atoms with van der Waals surface area (Å²) in [4.78, 5) is 25.2. The number of esters is 1. The molecule has 2 N–H and O–H groups in total. The molecule has 1 aliphatic heterocycles. The van der Waals surface area contributed by atoms with Gasteiger partial charge in [0.15, 0.2) is 5.78 Å². The van der Waals surface area contributed by atoms with Crippen LogP contribution in [-0.2, 0) is 19.1 Å². The van der Waals surface area contributed by atoms with Gasteiger partial charge in [-0.1, -0.05) is 12.1 Å². The van der Waals surface area contributed by atoms with Crippen LogP contribution >= 0.6 is 0 Å². The Balaban J connectivity index is 2.09. The minimum atomic E-state index is -0.582. The van der Waals surface area contributed by atoms with Gasteiger partial charge < -0.3 is 19.9 Å². The molecule has 1 unspecified atom stereocenters. The SMILES string of the molecule is CCOC(=O)C1=C(N)OC2=C(C(=O)CCC2)C1c1ccc(OCC)cc1. The Morgan fingerprint density at radius 3 is 2.58 bits per heavy atom. The highest BCUT2D eigenvalue weighted by Gasteiger charge is 2.41. The first-order chi connectivity index (χ1) is 12.6. The van der Waals surface area contributed by atoms with Crippen LogP contribution in [0.1, 0.15) is 44.6 Å². The molecule has 1 heterocycles. The second-order valence-corrected chi connectivity index (χ2v) is 6.15. The number of hydrogen-bond acceptors (Lipinski definition) is 6. The topological polar surface area (TPSA) is 87.9 Å². The predicted octanol–water partition coefficient (Wildman–Crippen LogP) is 2.94. The smallest absolute Gasteiger partial charge is 0.340 e. The van der Waals surface area contributed by atoms with Crippen LogP contribution in [-0.4, -0.2) is 25.0 Å². The van der Waals surface area contributed by atoms with Gasteiger partial charge in [-0.25, -0.2) is 4.79 Å². The van der Waals surface area contributed by atoms with E-state index in [1.165, 1.54) is 0 Å². The van der Waals surface area contributed by atoms with Crippen molar-refractivity contribution in [3.63, 3.8) is 0 Å². The van der Waals surface area contributed by atoms with Crippen LogP contribution in [0.15, 0.2) is 47.1 Å². The molecule has 1 atom stereocenters. The van der Waals surface area contributed by atoms with E-state index in [0.29, 0.717) is 30.8 Å². The number of carbonyl (C=O) groups is 2. The largest absolute Gasteiger partial charge is 0.494 e. The number of ether oxygens (including phenoxy) is 3. The number of ketones is 1. The first-order valence-corrected chi connectivity index (χ1v) is 8.90. The lowest BCUT2D eigenvalue weighted by Crippen LogP contribution is -2.31. The Bertz CT molecular complexity index is 776. The van der Waals surface area contributed by atoms with Crippen molar-refractivity contribution in [3.05, 3.63) is 52.6 Å². The van der Waals surface area contributed by atoms with E-state index < -0.39 is 11.9 Å². The molecule has 0 fully saturated rings. The van der Waals surface area contributed by atoms with E-state index in [1.54, 1.807) is 6.92 Å². The fourth-order valence-electron chi connectivity index (χ4n) is 3.42. The van der Waals surface area contributed by atoms with Gasteiger partial charge in [0, 0.05) is 18.4 Å². The zero-order valence-electron chi connectivity index (χ0n) is 15.0. The molecule has 0 bridgehead atoms. The Kier molecular flexibility index (Phi) is 5.30. The Morgan fingerprint density at radius 2 is 1.92 bits per heavy atom. The van der Waals surface area contributed by atoms with Crippen molar-refractivity contribution in [1.29, 1.82) is 0 Å². The molecule has 0 radical (unpaired) electrons. The maximum Gasteiger partial charge on any atom is 0.340 e. The quantitative estimate of drug-likeness (QED) is 0.815. The summed E-state index contributed by atoms with van der Waals surface area (Å²) < 4.78 is 16.3. The first-order valence-electron chi connectivity index (χ1n) is 8.90. The van der Waals surface area contributed by atoms with Crippen LogP contribution in [0.4, 0.5) is 0 Å². The first kappa shape index (κ1) is 18.0. The molecule has 0 saturated carbocycles. The number of benzene rings is 1.